The first kappa shape index (κ1) is 15.0. The Labute approximate surface area is 127 Å². The molecule has 0 bridgehead atoms. The maximum Gasteiger partial charge on any atom is 0.155 e. The molecule has 0 aliphatic carbocycles. The lowest BCUT2D eigenvalue weighted by Gasteiger charge is -2.15. The van der Waals surface area contributed by atoms with E-state index in [9.17, 15) is 0 Å². The smallest absolute Gasteiger partial charge is 0.155 e. The van der Waals surface area contributed by atoms with Gasteiger partial charge in [-0.1, -0.05) is 31.2 Å². The van der Waals surface area contributed by atoms with Crippen LogP contribution in [0.2, 0.25) is 30.8 Å². The second kappa shape index (κ2) is 5.91. The molecule has 0 saturated carbocycles. The maximum atomic E-state index is 6.12. The Bertz CT molecular complexity index is 582. The molecule has 0 unspecified atom stereocenters. The number of aromatic nitrogens is 3. The number of halogens is 2. The quantitative estimate of drug-likeness (QED) is 0.455. The molecule has 0 radical (unpaired) electrons. The van der Waals surface area contributed by atoms with Crippen LogP contribution in [-0.2, 0) is 11.5 Å². The first-order valence-electron chi connectivity index (χ1n) is 6.12. The number of pyridine rings is 1. The normalized spacial score (nSPS) is 12.3. The van der Waals surface area contributed by atoms with E-state index in [1.807, 2.05) is 0 Å². The van der Waals surface area contributed by atoms with Gasteiger partial charge in [0, 0.05) is 30.7 Å². The second-order valence-corrected chi connectivity index (χ2v) is 12.5. The molecule has 2 rings (SSSR count). The first-order valence-corrected chi connectivity index (χ1v) is 11.0. The van der Waals surface area contributed by atoms with Gasteiger partial charge in [0.05, 0.1) is 6.20 Å². The maximum absolute atomic E-state index is 6.12. The molecular weight excluding hydrogens is 346 g/mol. The lowest BCUT2D eigenvalue weighted by atomic mass is 10.3. The Morgan fingerprint density at radius 3 is 2.79 bits per heavy atom. The SMILES string of the molecule is C[Si](C)(C)CCOCn1ncc2c(Br)cnc(Cl)c21. The molecule has 0 fully saturated rings. The van der Waals surface area contributed by atoms with E-state index >= 15 is 0 Å². The summed E-state index contributed by atoms with van der Waals surface area (Å²) in [7, 11) is -1.05. The van der Waals surface area contributed by atoms with Crippen LogP contribution in [0.1, 0.15) is 0 Å². The van der Waals surface area contributed by atoms with Crippen molar-refractivity contribution in [3.63, 3.8) is 0 Å². The largest absolute Gasteiger partial charge is 0.360 e. The zero-order valence-electron chi connectivity index (χ0n) is 11.3. The molecule has 0 aromatic carbocycles. The summed E-state index contributed by atoms with van der Waals surface area (Å²) in [5.74, 6) is 0. The average Bonchev–Trinajstić information content (AvgIpc) is 2.73. The van der Waals surface area contributed by atoms with Crippen molar-refractivity contribution >= 4 is 46.5 Å². The van der Waals surface area contributed by atoms with Crippen molar-refractivity contribution in [2.45, 2.75) is 32.4 Å². The summed E-state index contributed by atoms with van der Waals surface area (Å²) < 4.78 is 8.33. The van der Waals surface area contributed by atoms with Gasteiger partial charge in [-0.2, -0.15) is 5.10 Å². The monoisotopic (exact) mass is 361 g/mol. The highest BCUT2D eigenvalue weighted by molar-refractivity contribution is 9.10. The van der Waals surface area contributed by atoms with Crippen LogP contribution in [-0.4, -0.2) is 29.4 Å². The van der Waals surface area contributed by atoms with Gasteiger partial charge in [0.2, 0.25) is 0 Å². The van der Waals surface area contributed by atoms with E-state index in [4.69, 9.17) is 16.3 Å². The fraction of sp³-hybridized carbons (Fsp3) is 0.500. The Morgan fingerprint density at radius 2 is 2.11 bits per heavy atom. The Kier molecular flexibility index (Phi) is 4.65. The third-order valence-electron chi connectivity index (χ3n) is 2.79. The lowest BCUT2D eigenvalue weighted by molar-refractivity contribution is 0.0817. The second-order valence-electron chi connectivity index (χ2n) is 5.65. The molecule has 0 amide bonds. The van der Waals surface area contributed by atoms with Crippen LogP contribution in [0.15, 0.2) is 16.9 Å². The van der Waals surface area contributed by atoms with Gasteiger partial charge in [-0.15, -0.1) is 0 Å². The zero-order chi connectivity index (χ0) is 14.0. The molecule has 0 aliphatic heterocycles. The number of ether oxygens (including phenoxy) is 1. The van der Waals surface area contributed by atoms with Gasteiger partial charge in [-0.05, 0) is 22.0 Å². The summed E-state index contributed by atoms with van der Waals surface area (Å²) in [4.78, 5) is 4.12. The summed E-state index contributed by atoms with van der Waals surface area (Å²) in [6, 6.07) is 1.14. The highest BCUT2D eigenvalue weighted by Crippen LogP contribution is 2.27. The Morgan fingerprint density at radius 1 is 1.37 bits per heavy atom. The van der Waals surface area contributed by atoms with E-state index < -0.39 is 8.07 Å². The first-order chi connectivity index (χ1) is 8.88. The van der Waals surface area contributed by atoms with E-state index in [0.717, 1.165) is 28.0 Å². The summed E-state index contributed by atoms with van der Waals surface area (Å²) in [5.41, 5.74) is 0.809. The van der Waals surface area contributed by atoms with Gasteiger partial charge in [0.25, 0.3) is 0 Å². The average molecular weight is 363 g/mol. The minimum absolute atomic E-state index is 0.409. The van der Waals surface area contributed by atoms with Crippen LogP contribution >= 0.6 is 27.5 Å². The lowest BCUT2D eigenvalue weighted by Crippen LogP contribution is -2.22. The van der Waals surface area contributed by atoms with Gasteiger partial charge >= 0.3 is 0 Å². The topological polar surface area (TPSA) is 39.9 Å². The van der Waals surface area contributed by atoms with Crippen molar-refractivity contribution < 1.29 is 4.74 Å². The number of hydrogen-bond acceptors (Lipinski definition) is 3. The third-order valence-corrected chi connectivity index (χ3v) is 5.41. The molecule has 7 heteroatoms. The molecule has 0 saturated heterocycles. The van der Waals surface area contributed by atoms with Gasteiger partial charge in [-0.25, -0.2) is 9.67 Å². The number of rotatable bonds is 5. The molecule has 0 spiro atoms. The summed E-state index contributed by atoms with van der Waals surface area (Å²) >= 11 is 9.56. The molecule has 0 aliphatic rings. The van der Waals surface area contributed by atoms with E-state index in [1.165, 1.54) is 0 Å². The third kappa shape index (κ3) is 3.78. The molecule has 2 heterocycles. The van der Waals surface area contributed by atoms with E-state index in [1.54, 1.807) is 17.1 Å². The molecule has 0 atom stereocenters. The minimum atomic E-state index is -1.05. The molecule has 19 heavy (non-hydrogen) atoms. The van der Waals surface area contributed by atoms with Crippen LogP contribution in [0, 0.1) is 0 Å². The zero-order valence-corrected chi connectivity index (χ0v) is 14.6. The molecule has 2 aromatic heterocycles. The number of fused-ring (bicyclic) bond motifs is 1. The fourth-order valence-corrected chi connectivity index (χ4v) is 3.05. The summed E-state index contributed by atoms with van der Waals surface area (Å²) in [5, 5.41) is 5.70. The van der Waals surface area contributed by atoms with Crippen LogP contribution in [0.5, 0.6) is 0 Å². The van der Waals surface area contributed by atoms with Crippen LogP contribution in [0.4, 0.5) is 0 Å². The summed E-state index contributed by atoms with van der Waals surface area (Å²) in [6.07, 6.45) is 3.46. The number of hydrogen-bond donors (Lipinski definition) is 0. The van der Waals surface area contributed by atoms with Gasteiger partial charge in [0.15, 0.2) is 5.15 Å². The summed E-state index contributed by atoms with van der Waals surface area (Å²) in [6.45, 7) is 8.16. The van der Waals surface area contributed by atoms with E-state index in [2.05, 4.69) is 45.7 Å². The van der Waals surface area contributed by atoms with E-state index in [-0.39, 0.29) is 0 Å². The highest BCUT2D eigenvalue weighted by Gasteiger charge is 2.13. The van der Waals surface area contributed by atoms with E-state index in [0.29, 0.717) is 11.9 Å². The van der Waals surface area contributed by atoms with Gasteiger partial charge < -0.3 is 4.74 Å². The van der Waals surface area contributed by atoms with Crippen molar-refractivity contribution in [1.82, 2.24) is 14.8 Å². The Hall–Kier alpha value is -0.433. The highest BCUT2D eigenvalue weighted by atomic mass is 79.9. The molecule has 4 nitrogen and oxygen atoms in total. The number of nitrogens with zero attached hydrogens (tertiary/aromatic N) is 3. The molecule has 104 valence electrons. The van der Waals surface area contributed by atoms with Crippen LogP contribution < -0.4 is 0 Å². The van der Waals surface area contributed by atoms with Gasteiger partial charge in [0.1, 0.15) is 12.2 Å². The van der Waals surface area contributed by atoms with Crippen molar-refractivity contribution in [3.8, 4) is 0 Å². The Balaban J connectivity index is 2.08. The van der Waals surface area contributed by atoms with Crippen LogP contribution in [0.25, 0.3) is 10.9 Å². The van der Waals surface area contributed by atoms with Crippen molar-refractivity contribution in [1.29, 1.82) is 0 Å². The van der Waals surface area contributed by atoms with Crippen molar-refractivity contribution in [3.05, 3.63) is 22.0 Å². The molecule has 0 N–H and O–H groups in total. The van der Waals surface area contributed by atoms with Crippen molar-refractivity contribution in [2.75, 3.05) is 6.61 Å². The van der Waals surface area contributed by atoms with Gasteiger partial charge in [-0.3, -0.25) is 0 Å². The molecule has 2 aromatic rings. The fourth-order valence-electron chi connectivity index (χ4n) is 1.65. The predicted octanol–water partition coefficient (Wildman–Crippen LogP) is 4.16. The minimum Gasteiger partial charge on any atom is -0.360 e. The van der Waals surface area contributed by atoms with Crippen molar-refractivity contribution in [2.24, 2.45) is 0 Å². The standard InChI is InChI=1S/C12H17BrClN3OSi/c1-19(2,3)5-4-18-8-17-11-9(6-16-17)10(13)7-15-12(11)14/h6-7H,4-5,8H2,1-3H3. The molecular formula is C12H17BrClN3OSi. The predicted molar refractivity (Wildman–Crippen MR) is 84.3 cm³/mol. The van der Waals surface area contributed by atoms with Crippen LogP contribution in [0.3, 0.4) is 0 Å².